The first-order valence-corrected chi connectivity index (χ1v) is 12.6. The number of alkyl carbamates (subject to hydrolysis) is 1. The van der Waals surface area contributed by atoms with Crippen LogP contribution >= 0.6 is 0 Å². The van der Waals surface area contributed by atoms with Crippen LogP contribution < -0.4 is 10.6 Å². The molecule has 186 valence electrons. The Morgan fingerprint density at radius 2 is 1.69 bits per heavy atom. The van der Waals surface area contributed by atoms with E-state index in [4.69, 9.17) is 4.74 Å². The van der Waals surface area contributed by atoms with E-state index >= 15 is 0 Å². The van der Waals surface area contributed by atoms with Crippen LogP contribution in [0.1, 0.15) is 68.9 Å². The van der Waals surface area contributed by atoms with Gasteiger partial charge in [0.15, 0.2) is 0 Å². The number of hydrogen-bond acceptors (Lipinski definition) is 4. The predicted octanol–water partition coefficient (Wildman–Crippen LogP) is 4.84. The summed E-state index contributed by atoms with van der Waals surface area (Å²) in [6, 6.07) is 15.6. The molecule has 7 heteroatoms. The monoisotopic (exact) mass is 478 g/mol. The van der Waals surface area contributed by atoms with Gasteiger partial charge in [0.1, 0.15) is 6.61 Å². The summed E-state index contributed by atoms with van der Waals surface area (Å²) in [4.78, 5) is 36.8. The predicted molar refractivity (Wildman–Crippen MR) is 133 cm³/mol. The molecule has 0 bridgehead atoms. The highest BCUT2D eigenvalue weighted by Gasteiger charge is 2.36. The summed E-state index contributed by atoms with van der Waals surface area (Å²) in [5, 5.41) is 15.0. The quantitative estimate of drug-likeness (QED) is 0.453. The van der Waals surface area contributed by atoms with Crippen molar-refractivity contribution in [2.75, 3.05) is 6.61 Å². The van der Waals surface area contributed by atoms with Gasteiger partial charge in [0.2, 0.25) is 5.91 Å². The van der Waals surface area contributed by atoms with Crippen LogP contribution in [0.4, 0.5) is 4.79 Å². The van der Waals surface area contributed by atoms with Gasteiger partial charge >= 0.3 is 12.1 Å². The molecule has 0 radical (unpaired) electrons. The topological polar surface area (TPSA) is 105 Å². The number of hydrogen-bond donors (Lipinski definition) is 3. The van der Waals surface area contributed by atoms with Crippen LogP contribution in [0.15, 0.2) is 48.5 Å². The molecule has 3 N–H and O–H groups in total. The Morgan fingerprint density at radius 3 is 2.31 bits per heavy atom. The van der Waals surface area contributed by atoms with E-state index in [1.54, 1.807) is 0 Å². The van der Waals surface area contributed by atoms with Gasteiger partial charge in [0.05, 0.1) is 12.3 Å². The Morgan fingerprint density at radius 1 is 1.03 bits per heavy atom. The fourth-order valence-electron chi connectivity index (χ4n) is 5.43. The average molecular weight is 479 g/mol. The summed E-state index contributed by atoms with van der Waals surface area (Å²) < 4.78 is 5.66. The number of nitrogens with one attached hydrogen (secondary N) is 2. The number of benzene rings is 2. The minimum atomic E-state index is -0.925. The van der Waals surface area contributed by atoms with Gasteiger partial charge in [-0.05, 0) is 41.5 Å². The number of aliphatic carboxylic acids is 1. The molecule has 4 rings (SSSR count). The maximum Gasteiger partial charge on any atom is 0.407 e. The van der Waals surface area contributed by atoms with E-state index in [0.717, 1.165) is 30.4 Å². The number of carboxylic acids is 1. The summed E-state index contributed by atoms with van der Waals surface area (Å²) in [5.74, 6) is -1.51. The maximum atomic E-state index is 12.9. The lowest BCUT2D eigenvalue weighted by Crippen LogP contribution is -2.47. The maximum absolute atomic E-state index is 12.9. The largest absolute Gasteiger partial charge is 0.481 e. The van der Waals surface area contributed by atoms with Gasteiger partial charge < -0.3 is 20.5 Å². The molecule has 0 spiro atoms. The first-order valence-electron chi connectivity index (χ1n) is 12.6. The fourth-order valence-corrected chi connectivity index (χ4v) is 5.43. The van der Waals surface area contributed by atoms with E-state index < -0.39 is 18.1 Å². The second-order valence-electron chi connectivity index (χ2n) is 9.56. The second kappa shape index (κ2) is 11.4. The highest BCUT2D eigenvalue weighted by atomic mass is 16.5. The minimum absolute atomic E-state index is 0.0221. The van der Waals surface area contributed by atoms with E-state index in [2.05, 4.69) is 34.9 Å². The first kappa shape index (κ1) is 24.8. The normalized spacial score (nSPS) is 19.5. The smallest absolute Gasteiger partial charge is 0.407 e. The lowest BCUT2D eigenvalue weighted by molar-refractivity contribution is -0.138. The molecular weight excluding hydrogens is 444 g/mol. The van der Waals surface area contributed by atoms with Gasteiger partial charge in [0, 0.05) is 18.0 Å². The first-order chi connectivity index (χ1) is 17.0. The molecule has 0 unspecified atom stereocenters. The van der Waals surface area contributed by atoms with Gasteiger partial charge in [-0.15, -0.1) is 0 Å². The van der Waals surface area contributed by atoms with Gasteiger partial charge in [-0.1, -0.05) is 74.7 Å². The summed E-state index contributed by atoms with van der Waals surface area (Å²) in [6.07, 6.45) is 3.98. The fraction of sp³-hybridized carbons (Fsp3) is 0.464. The Balaban J connectivity index is 1.34. The third kappa shape index (κ3) is 5.84. The Bertz CT molecular complexity index is 1020. The summed E-state index contributed by atoms with van der Waals surface area (Å²) in [7, 11) is 0. The molecule has 0 heterocycles. The molecule has 2 amide bonds. The molecule has 1 saturated carbocycles. The number of carbonyl (C=O) groups is 3. The van der Waals surface area contributed by atoms with Crippen molar-refractivity contribution < 1.29 is 24.2 Å². The average Bonchev–Trinajstić information content (AvgIpc) is 3.43. The van der Waals surface area contributed by atoms with E-state index in [-0.39, 0.29) is 36.8 Å². The zero-order valence-electron chi connectivity index (χ0n) is 20.2. The summed E-state index contributed by atoms with van der Waals surface area (Å²) in [5.41, 5.74) is 4.64. The van der Waals surface area contributed by atoms with E-state index in [1.165, 1.54) is 11.1 Å². The number of rotatable bonds is 10. The van der Waals surface area contributed by atoms with Gasteiger partial charge in [-0.2, -0.15) is 0 Å². The number of amides is 2. The SMILES string of the molecule is CCCC[C@@H](CC(=O)O)NC(=O)[C@@H]1CCC[C@@H]1NC(=O)OCC1c2ccccc2-c2ccccc21. The van der Waals surface area contributed by atoms with Crippen LogP contribution in [-0.4, -0.2) is 41.8 Å². The number of ether oxygens (including phenoxy) is 1. The third-order valence-corrected chi connectivity index (χ3v) is 7.17. The number of unbranched alkanes of at least 4 members (excludes halogenated alkanes) is 1. The standard InChI is InChI=1S/C28H34N2O5/c1-2-3-9-18(16-26(31)32)29-27(33)23-14-8-15-25(23)30-28(34)35-17-24-21-12-6-4-10-19(21)20-11-5-7-13-22(20)24/h4-7,10-13,18,23-25H,2-3,8-9,14-17H2,1H3,(H,29,33)(H,30,34)(H,31,32)/t18-,23+,25-/m0/s1. The van der Waals surface area contributed by atoms with Crippen molar-refractivity contribution >= 4 is 18.0 Å². The lowest BCUT2D eigenvalue weighted by Gasteiger charge is -2.24. The van der Waals surface area contributed by atoms with Gasteiger partial charge in [-0.3, -0.25) is 9.59 Å². The van der Waals surface area contributed by atoms with Gasteiger partial charge in [-0.25, -0.2) is 4.79 Å². The van der Waals surface area contributed by atoms with Crippen molar-refractivity contribution in [2.45, 2.75) is 69.9 Å². The molecule has 0 aliphatic heterocycles. The molecule has 2 aromatic carbocycles. The molecule has 35 heavy (non-hydrogen) atoms. The van der Waals surface area contributed by atoms with Crippen molar-refractivity contribution in [3.8, 4) is 11.1 Å². The number of carbonyl (C=O) groups excluding carboxylic acids is 2. The van der Waals surface area contributed by atoms with Crippen LogP contribution in [0.25, 0.3) is 11.1 Å². The van der Waals surface area contributed by atoms with Crippen molar-refractivity contribution in [3.05, 3.63) is 59.7 Å². The van der Waals surface area contributed by atoms with Crippen LogP contribution in [0, 0.1) is 5.92 Å². The highest BCUT2D eigenvalue weighted by Crippen LogP contribution is 2.44. The van der Waals surface area contributed by atoms with Crippen LogP contribution in [0.2, 0.25) is 0 Å². The third-order valence-electron chi connectivity index (χ3n) is 7.17. The van der Waals surface area contributed by atoms with Crippen LogP contribution in [0.5, 0.6) is 0 Å². The van der Waals surface area contributed by atoms with E-state index in [9.17, 15) is 19.5 Å². The van der Waals surface area contributed by atoms with Crippen molar-refractivity contribution in [3.63, 3.8) is 0 Å². The molecule has 1 fully saturated rings. The lowest BCUT2D eigenvalue weighted by atomic mass is 9.98. The molecule has 0 aromatic heterocycles. The zero-order valence-corrected chi connectivity index (χ0v) is 20.2. The van der Waals surface area contributed by atoms with Crippen LogP contribution in [-0.2, 0) is 14.3 Å². The summed E-state index contributed by atoms with van der Waals surface area (Å²) >= 11 is 0. The van der Waals surface area contributed by atoms with Crippen molar-refractivity contribution in [2.24, 2.45) is 5.92 Å². The van der Waals surface area contributed by atoms with E-state index in [1.807, 2.05) is 31.2 Å². The highest BCUT2D eigenvalue weighted by molar-refractivity contribution is 5.82. The number of carboxylic acid groups (broad SMARTS) is 1. The van der Waals surface area contributed by atoms with Gasteiger partial charge in [0.25, 0.3) is 0 Å². The van der Waals surface area contributed by atoms with Crippen molar-refractivity contribution in [1.29, 1.82) is 0 Å². The molecule has 0 saturated heterocycles. The molecular formula is C28H34N2O5. The number of fused-ring (bicyclic) bond motifs is 3. The van der Waals surface area contributed by atoms with Crippen molar-refractivity contribution in [1.82, 2.24) is 10.6 Å². The molecule has 2 aromatic rings. The van der Waals surface area contributed by atoms with Crippen LogP contribution in [0.3, 0.4) is 0 Å². The second-order valence-corrected chi connectivity index (χ2v) is 9.56. The molecule has 3 atom stereocenters. The Hall–Kier alpha value is -3.35. The summed E-state index contributed by atoms with van der Waals surface area (Å²) in [6.45, 7) is 2.26. The van der Waals surface area contributed by atoms with E-state index in [0.29, 0.717) is 19.3 Å². The Kier molecular flexibility index (Phi) is 8.06. The molecule has 7 nitrogen and oxygen atoms in total. The molecule has 2 aliphatic carbocycles. The zero-order chi connectivity index (χ0) is 24.8. The Labute approximate surface area is 206 Å². The molecule has 2 aliphatic rings. The minimum Gasteiger partial charge on any atom is -0.481 e.